The minimum absolute atomic E-state index is 0.0296. The molecule has 55 heavy (non-hydrogen) atoms. The molecule has 0 aliphatic carbocycles. The first-order chi connectivity index (χ1) is 26.3. The standard InChI is InChI=1S/C23H27NO6.C21H27NO3/c1-3-30-22(29)23(2,15-25)14-19(24-20(26)21(27)28)13-16-9-11-18(12-10-16)17-7-5-4-6-8-17;1-3-25-20(24)21(2,15-23)14-19(22)13-16-9-11-18(12-10-16)17-7-5-4-6-8-17/h4-12,19,25H,3,13-15H2,1-2H3,(H,24,26)(H,27,28);4-12,19,23H,3,13-15,22H2,1-2H3/t19-,23+;19-,21+/m11/s1. The molecule has 4 rings (SSSR count). The molecule has 1 amide bonds. The van der Waals surface area contributed by atoms with Crippen LogP contribution in [0, 0.1) is 10.8 Å². The van der Waals surface area contributed by atoms with Gasteiger partial charge in [-0.2, -0.15) is 0 Å². The van der Waals surface area contributed by atoms with Crippen LogP contribution in [0.2, 0.25) is 0 Å². The van der Waals surface area contributed by atoms with Crippen LogP contribution in [0.15, 0.2) is 109 Å². The summed E-state index contributed by atoms with van der Waals surface area (Å²) in [6, 6.07) is 35.0. The fourth-order valence-corrected chi connectivity index (χ4v) is 6.17. The lowest BCUT2D eigenvalue weighted by Gasteiger charge is -2.30. The number of nitrogens with two attached hydrogens (primary N) is 1. The molecule has 0 aliphatic rings. The minimum atomic E-state index is -1.61. The lowest BCUT2D eigenvalue weighted by molar-refractivity contribution is -0.158. The highest BCUT2D eigenvalue weighted by Crippen LogP contribution is 2.28. The number of hydrogen-bond donors (Lipinski definition) is 5. The smallest absolute Gasteiger partial charge is 0.394 e. The number of amides is 1. The first kappa shape index (κ1) is 44.0. The van der Waals surface area contributed by atoms with Crippen molar-refractivity contribution < 1.29 is 44.0 Å². The maximum atomic E-state index is 12.3. The number of hydrogen-bond acceptors (Lipinski definition) is 9. The van der Waals surface area contributed by atoms with E-state index in [0.717, 1.165) is 27.8 Å². The maximum absolute atomic E-state index is 12.3. The zero-order chi connectivity index (χ0) is 40.4. The van der Waals surface area contributed by atoms with E-state index in [1.807, 2.05) is 72.8 Å². The quantitative estimate of drug-likeness (QED) is 0.0672. The van der Waals surface area contributed by atoms with E-state index in [-0.39, 0.29) is 25.7 Å². The molecule has 0 aliphatic heterocycles. The molecule has 0 unspecified atom stereocenters. The number of nitrogens with one attached hydrogen (secondary N) is 1. The number of esters is 2. The van der Waals surface area contributed by atoms with Gasteiger partial charge in [0.15, 0.2) is 0 Å². The number of ether oxygens (including phenoxy) is 2. The SMILES string of the molecule is CCOC(=O)[C@](C)(CO)C[C@@H](Cc1ccc(-c2ccccc2)cc1)NC(=O)C(=O)O.CCOC(=O)[C@](C)(CO)C[C@H](N)Cc1ccc(-c2ccccc2)cc1. The van der Waals surface area contributed by atoms with Gasteiger partial charge in [0, 0.05) is 12.1 Å². The molecule has 0 saturated heterocycles. The molecule has 11 heteroatoms. The van der Waals surface area contributed by atoms with Crippen molar-refractivity contribution >= 4 is 23.8 Å². The third-order valence-corrected chi connectivity index (χ3v) is 9.28. The van der Waals surface area contributed by atoms with Gasteiger partial charge in [0.25, 0.3) is 0 Å². The molecular formula is C44H54N2O9. The van der Waals surface area contributed by atoms with Gasteiger partial charge in [0.1, 0.15) is 0 Å². The average Bonchev–Trinajstić information content (AvgIpc) is 3.19. The first-order valence-electron chi connectivity index (χ1n) is 18.4. The molecule has 0 spiro atoms. The summed E-state index contributed by atoms with van der Waals surface area (Å²) in [6.45, 7) is 6.33. The van der Waals surface area contributed by atoms with Crippen LogP contribution in [-0.2, 0) is 41.5 Å². The van der Waals surface area contributed by atoms with E-state index in [2.05, 4.69) is 41.7 Å². The second kappa shape index (κ2) is 21.5. The molecule has 0 fully saturated rings. The van der Waals surface area contributed by atoms with Crippen molar-refractivity contribution in [1.82, 2.24) is 5.32 Å². The number of aliphatic hydroxyl groups is 2. The number of aliphatic hydroxyl groups excluding tert-OH is 2. The van der Waals surface area contributed by atoms with E-state index in [0.29, 0.717) is 25.9 Å². The van der Waals surface area contributed by atoms with Crippen LogP contribution in [0.25, 0.3) is 22.3 Å². The average molecular weight is 755 g/mol. The number of carbonyl (C=O) groups excluding carboxylic acids is 3. The Morgan fingerprint density at radius 1 is 0.618 bits per heavy atom. The summed E-state index contributed by atoms with van der Waals surface area (Å²) >= 11 is 0. The van der Waals surface area contributed by atoms with Crippen molar-refractivity contribution in [2.45, 2.75) is 65.5 Å². The van der Waals surface area contributed by atoms with Crippen molar-refractivity contribution in [3.63, 3.8) is 0 Å². The lowest BCUT2D eigenvalue weighted by Crippen LogP contribution is -2.46. The Kier molecular flexibility index (Phi) is 17.2. The second-order valence-corrected chi connectivity index (χ2v) is 14.1. The summed E-state index contributed by atoms with van der Waals surface area (Å²) in [5, 5.41) is 30.8. The normalized spacial score (nSPS) is 14.1. The molecule has 6 N–H and O–H groups in total. The Balaban J connectivity index is 0.000000300. The summed E-state index contributed by atoms with van der Waals surface area (Å²) in [4.78, 5) is 47.1. The molecule has 0 heterocycles. The molecule has 0 saturated carbocycles. The minimum Gasteiger partial charge on any atom is -0.474 e. The van der Waals surface area contributed by atoms with E-state index < -0.39 is 47.3 Å². The van der Waals surface area contributed by atoms with E-state index in [4.69, 9.17) is 20.3 Å². The summed E-state index contributed by atoms with van der Waals surface area (Å²) in [7, 11) is 0. The fraction of sp³-hybridized carbons (Fsp3) is 0.364. The predicted molar refractivity (Wildman–Crippen MR) is 212 cm³/mol. The highest BCUT2D eigenvalue weighted by molar-refractivity contribution is 6.31. The number of aliphatic carboxylic acids is 1. The topological polar surface area (TPSA) is 185 Å². The monoisotopic (exact) mass is 754 g/mol. The van der Waals surface area contributed by atoms with Crippen LogP contribution in [0.1, 0.15) is 51.7 Å². The van der Waals surface area contributed by atoms with Crippen LogP contribution in [0.5, 0.6) is 0 Å². The lowest BCUT2D eigenvalue weighted by atomic mass is 9.82. The summed E-state index contributed by atoms with van der Waals surface area (Å²) in [5.74, 6) is -3.76. The van der Waals surface area contributed by atoms with Gasteiger partial charge in [-0.15, -0.1) is 0 Å². The highest BCUT2D eigenvalue weighted by atomic mass is 16.5. The number of rotatable bonds is 17. The largest absolute Gasteiger partial charge is 0.474 e. The zero-order valence-corrected chi connectivity index (χ0v) is 32.1. The van der Waals surface area contributed by atoms with Crippen molar-refractivity contribution in [2.75, 3.05) is 26.4 Å². The molecule has 0 bridgehead atoms. The van der Waals surface area contributed by atoms with E-state index in [1.54, 1.807) is 20.8 Å². The van der Waals surface area contributed by atoms with Crippen LogP contribution >= 0.6 is 0 Å². The number of carboxylic acids is 1. The van der Waals surface area contributed by atoms with Gasteiger partial charge in [0.05, 0.1) is 37.3 Å². The molecule has 4 aromatic carbocycles. The van der Waals surface area contributed by atoms with Crippen LogP contribution < -0.4 is 11.1 Å². The summed E-state index contributed by atoms with van der Waals surface area (Å²) in [6.07, 6.45) is 1.34. The Morgan fingerprint density at radius 3 is 1.38 bits per heavy atom. The number of benzene rings is 4. The fourth-order valence-electron chi connectivity index (χ4n) is 6.17. The molecule has 4 aromatic rings. The maximum Gasteiger partial charge on any atom is 0.394 e. The first-order valence-corrected chi connectivity index (χ1v) is 18.4. The molecule has 11 nitrogen and oxygen atoms in total. The van der Waals surface area contributed by atoms with E-state index in [1.165, 1.54) is 12.5 Å². The molecular weight excluding hydrogens is 700 g/mol. The molecule has 4 atom stereocenters. The Morgan fingerprint density at radius 2 is 1.00 bits per heavy atom. The summed E-state index contributed by atoms with van der Waals surface area (Å²) in [5.41, 5.74) is 10.4. The van der Waals surface area contributed by atoms with Gasteiger partial charge >= 0.3 is 23.8 Å². The van der Waals surface area contributed by atoms with Gasteiger partial charge in [-0.25, -0.2) is 4.79 Å². The molecule has 294 valence electrons. The van der Waals surface area contributed by atoms with E-state index >= 15 is 0 Å². The van der Waals surface area contributed by atoms with Gasteiger partial charge < -0.3 is 35.8 Å². The third kappa shape index (κ3) is 13.5. The van der Waals surface area contributed by atoms with Gasteiger partial charge in [0.2, 0.25) is 0 Å². The number of carboxylic acid groups (broad SMARTS) is 1. The van der Waals surface area contributed by atoms with Crippen LogP contribution in [0.4, 0.5) is 0 Å². The Hall–Kier alpha value is -5.36. The molecule has 0 radical (unpaired) electrons. The molecule has 0 aromatic heterocycles. The van der Waals surface area contributed by atoms with Crippen molar-refractivity contribution in [2.24, 2.45) is 16.6 Å². The Bertz CT molecular complexity index is 1800. The van der Waals surface area contributed by atoms with Gasteiger partial charge in [-0.05, 0) is 86.8 Å². The third-order valence-electron chi connectivity index (χ3n) is 9.28. The van der Waals surface area contributed by atoms with Gasteiger partial charge in [-0.3, -0.25) is 14.4 Å². The Labute approximate surface area is 323 Å². The van der Waals surface area contributed by atoms with Crippen molar-refractivity contribution in [3.8, 4) is 22.3 Å². The van der Waals surface area contributed by atoms with Crippen LogP contribution in [-0.4, -0.2) is 77.6 Å². The van der Waals surface area contributed by atoms with Crippen LogP contribution in [0.3, 0.4) is 0 Å². The van der Waals surface area contributed by atoms with Gasteiger partial charge in [-0.1, -0.05) is 109 Å². The highest BCUT2D eigenvalue weighted by Gasteiger charge is 2.38. The zero-order valence-electron chi connectivity index (χ0n) is 32.1. The summed E-state index contributed by atoms with van der Waals surface area (Å²) < 4.78 is 10.1. The second-order valence-electron chi connectivity index (χ2n) is 14.1. The van der Waals surface area contributed by atoms with Crippen molar-refractivity contribution in [1.29, 1.82) is 0 Å². The van der Waals surface area contributed by atoms with Crippen molar-refractivity contribution in [3.05, 3.63) is 120 Å². The number of carbonyl (C=O) groups is 4. The predicted octanol–water partition coefficient (Wildman–Crippen LogP) is 5.59. The van der Waals surface area contributed by atoms with E-state index in [9.17, 15) is 29.4 Å².